The SMILES string of the molecule is [C-]#[O+].[C-]#[O+].[C-]#[O+].[C-]#[O+].[Ru+].[Ru].[c-]1ccccn1.c1ccc(P(c2ccccc2)c2ccccc2)cc1.c1ccc(P(c2ccccc2)c2ccccc2)cc1.c1ccc(Pc2ccccc2)cc1. The van der Waals surface area contributed by atoms with Gasteiger partial charge in [-0.05, 0) is 58.3 Å². The molecule has 9 rings (SSSR count). The molecule has 1 aromatic heterocycles. The van der Waals surface area contributed by atoms with Crippen LogP contribution < -0.4 is 42.4 Å². The third kappa shape index (κ3) is 24.1. The van der Waals surface area contributed by atoms with Crippen LogP contribution in [-0.4, -0.2) is 4.98 Å². The summed E-state index contributed by atoms with van der Waals surface area (Å²) in [5, 5.41) is 11.2. The quantitative estimate of drug-likeness (QED) is 0.0645. The molecule has 1 radical (unpaired) electrons. The molecule has 0 aliphatic heterocycles. The average molecular weight is 1100 g/mol. The van der Waals surface area contributed by atoms with Crippen molar-refractivity contribution < 1.29 is 57.6 Å². The van der Waals surface area contributed by atoms with Gasteiger partial charge in [-0.15, -0.1) is 0 Å². The first-order valence-electron chi connectivity index (χ1n) is 19.7. The van der Waals surface area contributed by atoms with E-state index >= 15 is 0 Å². The van der Waals surface area contributed by atoms with E-state index in [0.29, 0.717) is 0 Å². The van der Waals surface area contributed by atoms with Crippen molar-refractivity contribution in [3.8, 4) is 0 Å². The molecule has 0 N–H and O–H groups in total. The molecule has 0 bridgehead atoms. The van der Waals surface area contributed by atoms with Crippen molar-refractivity contribution in [3.63, 3.8) is 0 Å². The fourth-order valence-electron chi connectivity index (χ4n) is 5.84. The molecular weight excluding hydrogens is 1060 g/mol. The van der Waals surface area contributed by atoms with E-state index in [1.54, 1.807) is 12.3 Å². The van der Waals surface area contributed by atoms with Gasteiger partial charge in [0.2, 0.25) is 0 Å². The van der Waals surface area contributed by atoms with Gasteiger partial charge in [-0.2, -0.15) is 18.2 Å². The summed E-state index contributed by atoms with van der Waals surface area (Å²) in [6, 6.07) is 91.3. The summed E-state index contributed by atoms with van der Waals surface area (Å²) in [6.07, 6.45) is 4.34. The topological polar surface area (TPSA) is 92.5 Å². The normalized spacial score (nSPS) is 8.75. The van der Waals surface area contributed by atoms with Crippen LogP contribution in [0.5, 0.6) is 0 Å². The van der Waals surface area contributed by atoms with Crippen LogP contribution in [0.15, 0.2) is 267 Å². The van der Waals surface area contributed by atoms with E-state index in [9.17, 15) is 0 Å². The van der Waals surface area contributed by atoms with Crippen molar-refractivity contribution in [1.29, 1.82) is 0 Å². The molecule has 0 fully saturated rings. The molecule has 0 aliphatic rings. The smallest absolute Gasteiger partial charge is 0.394 e. The second-order valence-electron chi connectivity index (χ2n) is 12.5. The van der Waals surface area contributed by atoms with Gasteiger partial charge < -0.3 is 4.98 Å². The zero-order chi connectivity index (χ0) is 47.0. The zero-order valence-electron chi connectivity index (χ0n) is 36.1. The molecule has 0 saturated heterocycles. The van der Waals surface area contributed by atoms with Gasteiger partial charge in [0.15, 0.2) is 0 Å². The fourth-order valence-corrected chi connectivity index (χ4v) is 11.5. The molecule has 5 nitrogen and oxygen atoms in total. The van der Waals surface area contributed by atoms with E-state index < -0.39 is 15.8 Å². The first kappa shape index (κ1) is 61.4. The second kappa shape index (κ2) is 41.8. The largest absolute Gasteiger partial charge is 1.00 e. The van der Waals surface area contributed by atoms with Crippen LogP contribution in [-0.2, 0) is 57.6 Å². The predicted molar refractivity (Wildman–Crippen MR) is 270 cm³/mol. The molecule has 8 aromatic carbocycles. The Balaban J connectivity index is 0.000000854. The molecule has 0 atom stereocenters. The Labute approximate surface area is 426 Å². The molecule has 67 heavy (non-hydrogen) atoms. The van der Waals surface area contributed by atoms with Crippen molar-refractivity contribution in [3.05, 3.63) is 300 Å². The number of hydrogen-bond donors (Lipinski definition) is 0. The van der Waals surface area contributed by atoms with Crippen LogP contribution in [0.2, 0.25) is 0 Å². The third-order valence-corrected chi connectivity index (χ3v) is 14.6. The maximum atomic E-state index is 7.50. The van der Waals surface area contributed by atoms with Gasteiger partial charge in [-0.25, -0.2) is 0 Å². The van der Waals surface area contributed by atoms with Gasteiger partial charge in [-0.3, -0.25) is 0 Å². The molecule has 0 amide bonds. The van der Waals surface area contributed by atoms with E-state index in [-0.39, 0.29) is 39.0 Å². The van der Waals surface area contributed by atoms with Gasteiger partial charge >= 0.3 is 64.7 Å². The van der Waals surface area contributed by atoms with Crippen LogP contribution in [0.4, 0.5) is 0 Å². The Kier molecular flexibility index (Phi) is 38.3. The van der Waals surface area contributed by atoms with Crippen LogP contribution >= 0.6 is 24.4 Å². The third-order valence-electron chi connectivity index (χ3n) is 8.44. The Morgan fingerprint density at radius 1 is 0.313 bits per heavy atom. The van der Waals surface area contributed by atoms with E-state index in [0.717, 1.165) is 8.58 Å². The van der Waals surface area contributed by atoms with Gasteiger partial charge in [-0.1, -0.05) is 264 Å². The monoisotopic (exact) mass is 1100 g/mol. The number of aromatic nitrogens is 1. The minimum atomic E-state index is -0.446. The summed E-state index contributed by atoms with van der Waals surface area (Å²) in [7, 11) is -0.115. The number of rotatable bonds is 8. The fraction of sp³-hybridized carbons (Fsp3) is 0. The zero-order valence-corrected chi connectivity index (χ0v) is 42.4. The van der Waals surface area contributed by atoms with Gasteiger partial charge in [0.05, 0.1) is 0 Å². The summed E-state index contributed by atoms with van der Waals surface area (Å²) >= 11 is 0. The summed E-state index contributed by atoms with van der Waals surface area (Å²) in [5.74, 6) is 0. The molecular formula is C57H45NO4P3Ru2. The summed E-state index contributed by atoms with van der Waals surface area (Å²) in [4.78, 5) is 3.66. The molecule has 0 saturated carbocycles. The van der Waals surface area contributed by atoms with Crippen LogP contribution in [0.1, 0.15) is 0 Å². The molecule has 10 heteroatoms. The van der Waals surface area contributed by atoms with E-state index in [2.05, 4.69) is 280 Å². The van der Waals surface area contributed by atoms with Crippen molar-refractivity contribution in [1.82, 2.24) is 4.98 Å². The number of benzene rings is 8. The van der Waals surface area contributed by atoms with Gasteiger partial charge in [0.1, 0.15) is 0 Å². The standard InChI is InChI=1S/2C18H15P.C12H11P.C5H4N.4CO.2Ru/c2*1-4-10-16(11-5-1)19(17-12-6-2-7-13-17)18-14-8-3-9-15-18;1-3-7-11(8-4-1)13-12-9-5-2-6-10-12;1-2-4-6-5-3-1;4*1-2;;/h2*1-15H;1-10,13H;1-4H;;;;;;/q;;;-1;;;;;;+1. The molecule has 9 aromatic rings. The Morgan fingerprint density at radius 3 is 0.672 bits per heavy atom. The van der Waals surface area contributed by atoms with Crippen molar-refractivity contribution in [2.75, 3.05) is 0 Å². The number of pyridine rings is 1. The Morgan fingerprint density at radius 2 is 0.522 bits per heavy atom. The van der Waals surface area contributed by atoms with E-state index in [1.807, 2.05) is 12.1 Å². The minimum absolute atomic E-state index is 0. The first-order valence-corrected chi connectivity index (χ1v) is 23.4. The van der Waals surface area contributed by atoms with Crippen molar-refractivity contribution in [2.45, 2.75) is 0 Å². The molecule has 0 spiro atoms. The van der Waals surface area contributed by atoms with E-state index in [1.165, 1.54) is 42.4 Å². The predicted octanol–water partition coefficient (Wildman–Crippen LogP) is 9.93. The van der Waals surface area contributed by atoms with Crippen LogP contribution in [0.3, 0.4) is 0 Å². The maximum Gasteiger partial charge on any atom is 1.00 e. The molecule has 0 aliphatic carbocycles. The molecule has 0 unspecified atom stereocenters. The van der Waals surface area contributed by atoms with Gasteiger partial charge in [0.25, 0.3) is 0 Å². The van der Waals surface area contributed by atoms with Crippen LogP contribution in [0.25, 0.3) is 0 Å². The number of nitrogens with zero attached hydrogens (tertiary/aromatic N) is 1. The van der Waals surface area contributed by atoms with Gasteiger partial charge in [0, 0.05) is 19.5 Å². The summed E-state index contributed by atoms with van der Waals surface area (Å²) in [5.41, 5.74) is 0. The molecule has 1 heterocycles. The van der Waals surface area contributed by atoms with Crippen molar-refractivity contribution >= 4 is 66.9 Å². The van der Waals surface area contributed by atoms with Crippen molar-refractivity contribution in [2.24, 2.45) is 0 Å². The first-order chi connectivity index (χ1) is 32.3. The average Bonchev–Trinajstić information content (AvgIpc) is 3.42. The molecule has 333 valence electrons. The summed E-state index contributed by atoms with van der Waals surface area (Å²) < 4.78 is 30.0. The second-order valence-corrected chi connectivity index (χ2v) is 18.3. The Hall–Kier alpha value is -5.59. The number of hydrogen-bond acceptors (Lipinski definition) is 1. The summed E-state index contributed by atoms with van der Waals surface area (Å²) in [6.45, 7) is 18.0. The minimum Gasteiger partial charge on any atom is -0.394 e. The van der Waals surface area contributed by atoms with E-state index in [4.69, 9.17) is 18.6 Å². The Bertz CT molecular complexity index is 2170. The van der Waals surface area contributed by atoms with Crippen LogP contribution in [0, 0.1) is 32.8 Å². The maximum absolute atomic E-state index is 7.50.